The molecule has 1 atom stereocenters. The number of carbonyl (C=O) groups excluding carboxylic acids is 1. The predicted molar refractivity (Wildman–Crippen MR) is 79.9 cm³/mol. The number of anilines is 1. The summed E-state index contributed by atoms with van der Waals surface area (Å²) in [6.45, 7) is 0. The summed E-state index contributed by atoms with van der Waals surface area (Å²) in [6, 6.07) is 7.55. The first kappa shape index (κ1) is 13.4. The molecule has 0 saturated carbocycles. The maximum absolute atomic E-state index is 11.2. The summed E-state index contributed by atoms with van der Waals surface area (Å²) in [6.07, 6.45) is 5.97. The molecular formula is C16H17N3O2. The summed E-state index contributed by atoms with van der Waals surface area (Å²) < 4.78 is 6.00. The Labute approximate surface area is 122 Å². The predicted octanol–water partition coefficient (Wildman–Crippen LogP) is 2.22. The van der Waals surface area contributed by atoms with Crippen LogP contribution in [0, 0.1) is 0 Å². The van der Waals surface area contributed by atoms with Crippen molar-refractivity contribution in [3.05, 3.63) is 53.3 Å². The zero-order valence-corrected chi connectivity index (χ0v) is 11.6. The number of hydrogen-bond acceptors (Lipinski definition) is 4. The van der Waals surface area contributed by atoms with Gasteiger partial charge in [0.1, 0.15) is 11.9 Å². The lowest BCUT2D eigenvalue weighted by atomic mass is 9.89. The minimum Gasteiger partial charge on any atom is -0.484 e. The van der Waals surface area contributed by atoms with E-state index in [1.807, 2.05) is 12.1 Å². The average molecular weight is 283 g/mol. The van der Waals surface area contributed by atoms with Crippen LogP contribution >= 0.6 is 0 Å². The molecule has 1 aromatic heterocycles. The fourth-order valence-electron chi connectivity index (χ4n) is 2.68. The van der Waals surface area contributed by atoms with E-state index in [4.69, 9.17) is 16.2 Å². The minimum absolute atomic E-state index is 0.0674. The highest BCUT2D eigenvalue weighted by Gasteiger charge is 2.22. The number of carbonyl (C=O) groups is 1. The Morgan fingerprint density at radius 2 is 2.14 bits per heavy atom. The molecule has 0 bridgehead atoms. The van der Waals surface area contributed by atoms with Crippen LogP contribution in [0.25, 0.3) is 0 Å². The first-order chi connectivity index (χ1) is 10.1. The van der Waals surface area contributed by atoms with Crippen molar-refractivity contribution in [2.45, 2.75) is 25.4 Å². The summed E-state index contributed by atoms with van der Waals surface area (Å²) in [5.41, 5.74) is 14.6. The molecule has 4 N–H and O–H groups in total. The van der Waals surface area contributed by atoms with Crippen LogP contribution in [0.4, 0.5) is 5.69 Å². The third kappa shape index (κ3) is 2.81. The molecule has 0 aliphatic heterocycles. The largest absolute Gasteiger partial charge is 0.484 e. The van der Waals surface area contributed by atoms with Crippen molar-refractivity contribution < 1.29 is 9.53 Å². The molecule has 1 aliphatic carbocycles. The van der Waals surface area contributed by atoms with E-state index in [2.05, 4.69) is 11.1 Å². The lowest BCUT2D eigenvalue weighted by Crippen LogP contribution is -2.16. The Kier molecular flexibility index (Phi) is 3.48. The summed E-state index contributed by atoms with van der Waals surface area (Å²) >= 11 is 0. The first-order valence-corrected chi connectivity index (χ1v) is 6.93. The molecule has 1 amide bonds. The molecule has 3 rings (SSSR count). The van der Waals surface area contributed by atoms with Gasteiger partial charge in [0, 0.05) is 11.9 Å². The van der Waals surface area contributed by atoms with Gasteiger partial charge in [0.2, 0.25) is 5.91 Å². The second-order valence-electron chi connectivity index (χ2n) is 5.23. The fraction of sp³-hybridized carbons (Fsp3) is 0.250. The number of benzene rings is 1. The quantitative estimate of drug-likeness (QED) is 0.845. The molecule has 0 saturated heterocycles. The lowest BCUT2D eigenvalue weighted by molar-refractivity contribution is 0.0998. The third-order valence-electron chi connectivity index (χ3n) is 3.71. The van der Waals surface area contributed by atoms with Gasteiger partial charge in [-0.1, -0.05) is 6.07 Å². The molecule has 2 aromatic rings. The van der Waals surface area contributed by atoms with Gasteiger partial charge in [-0.3, -0.25) is 9.78 Å². The van der Waals surface area contributed by atoms with E-state index >= 15 is 0 Å². The number of fused-ring (bicyclic) bond motifs is 1. The molecule has 1 unspecified atom stereocenters. The highest BCUT2D eigenvalue weighted by Crippen LogP contribution is 2.34. The lowest BCUT2D eigenvalue weighted by Gasteiger charge is -2.26. The number of nitrogen functional groups attached to an aromatic ring is 1. The molecule has 0 radical (unpaired) electrons. The maximum Gasteiger partial charge on any atom is 0.250 e. The number of hydrogen-bond donors (Lipinski definition) is 2. The SMILES string of the molecule is NC(=O)c1cncc(OC2CCCc3ccc(N)cc32)c1. The molecule has 1 aliphatic rings. The van der Waals surface area contributed by atoms with Crippen LogP contribution < -0.4 is 16.2 Å². The van der Waals surface area contributed by atoms with E-state index in [9.17, 15) is 4.79 Å². The number of nitrogens with zero attached hydrogens (tertiary/aromatic N) is 1. The first-order valence-electron chi connectivity index (χ1n) is 6.93. The Balaban J connectivity index is 1.88. The van der Waals surface area contributed by atoms with Gasteiger partial charge in [0.05, 0.1) is 11.8 Å². The van der Waals surface area contributed by atoms with Crippen LogP contribution in [0.5, 0.6) is 5.75 Å². The van der Waals surface area contributed by atoms with Crippen molar-refractivity contribution in [1.29, 1.82) is 0 Å². The molecule has 1 heterocycles. The summed E-state index contributed by atoms with van der Waals surface area (Å²) in [5, 5.41) is 0. The number of ether oxygens (including phenoxy) is 1. The number of primary amides is 1. The number of rotatable bonds is 3. The van der Waals surface area contributed by atoms with Crippen LogP contribution in [-0.2, 0) is 6.42 Å². The second kappa shape index (κ2) is 5.44. The highest BCUT2D eigenvalue weighted by molar-refractivity contribution is 5.92. The van der Waals surface area contributed by atoms with Gasteiger partial charge in [-0.15, -0.1) is 0 Å². The van der Waals surface area contributed by atoms with Crippen LogP contribution in [-0.4, -0.2) is 10.9 Å². The number of amides is 1. The van der Waals surface area contributed by atoms with Crippen LogP contribution in [0.15, 0.2) is 36.7 Å². The monoisotopic (exact) mass is 283 g/mol. The van der Waals surface area contributed by atoms with Crippen molar-refractivity contribution in [3.8, 4) is 5.75 Å². The van der Waals surface area contributed by atoms with Crippen LogP contribution in [0.3, 0.4) is 0 Å². The summed E-state index contributed by atoms with van der Waals surface area (Å²) in [5.74, 6) is 0.0350. The zero-order chi connectivity index (χ0) is 14.8. The Morgan fingerprint density at radius 1 is 1.29 bits per heavy atom. The Hall–Kier alpha value is -2.56. The topological polar surface area (TPSA) is 91.2 Å². The number of aromatic nitrogens is 1. The van der Waals surface area contributed by atoms with E-state index in [-0.39, 0.29) is 6.10 Å². The van der Waals surface area contributed by atoms with Gasteiger partial charge < -0.3 is 16.2 Å². The van der Waals surface area contributed by atoms with Gasteiger partial charge >= 0.3 is 0 Å². The standard InChI is InChI=1S/C16H17N3O2/c17-12-5-4-10-2-1-3-15(14(10)7-12)21-13-6-11(16(18)20)8-19-9-13/h4-9,15H,1-3,17H2,(H2,18,20). The molecule has 0 spiro atoms. The van der Waals surface area contributed by atoms with Gasteiger partial charge in [0.15, 0.2) is 0 Å². The Morgan fingerprint density at radius 3 is 2.95 bits per heavy atom. The number of aryl methyl sites for hydroxylation is 1. The van der Waals surface area contributed by atoms with Crippen LogP contribution in [0.2, 0.25) is 0 Å². The van der Waals surface area contributed by atoms with Crippen molar-refractivity contribution in [3.63, 3.8) is 0 Å². The van der Waals surface area contributed by atoms with E-state index in [0.717, 1.165) is 30.5 Å². The van der Waals surface area contributed by atoms with Gasteiger partial charge in [0.25, 0.3) is 0 Å². The van der Waals surface area contributed by atoms with E-state index in [1.165, 1.54) is 11.8 Å². The molecule has 108 valence electrons. The summed E-state index contributed by atoms with van der Waals surface area (Å²) in [7, 11) is 0. The number of pyridine rings is 1. The normalized spacial score (nSPS) is 17.0. The zero-order valence-electron chi connectivity index (χ0n) is 11.6. The molecule has 21 heavy (non-hydrogen) atoms. The molecule has 1 aromatic carbocycles. The molecular weight excluding hydrogens is 266 g/mol. The molecule has 5 heteroatoms. The minimum atomic E-state index is -0.513. The van der Waals surface area contributed by atoms with Crippen molar-refractivity contribution in [2.24, 2.45) is 5.73 Å². The smallest absolute Gasteiger partial charge is 0.250 e. The van der Waals surface area contributed by atoms with Crippen molar-refractivity contribution in [1.82, 2.24) is 4.98 Å². The molecule has 0 fully saturated rings. The van der Waals surface area contributed by atoms with Crippen LogP contribution in [0.1, 0.15) is 40.4 Å². The molecule has 5 nitrogen and oxygen atoms in total. The van der Waals surface area contributed by atoms with Gasteiger partial charge in [-0.05, 0) is 48.6 Å². The van der Waals surface area contributed by atoms with Crippen molar-refractivity contribution >= 4 is 11.6 Å². The summed E-state index contributed by atoms with van der Waals surface area (Å²) in [4.78, 5) is 15.2. The highest BCUT2D eigenvalue weighted by atomic mass is 16.5. The van der Waals surface area contributed by atoms with E-state index in [0.29, 0.717) is 11.3 Å². The van der Waals surface area contributed by atoms with Crippen molar-refractivity contribution in [2.75, 3.05) is 5.73 Å². The van der Waals surface area contributed by atoms with E-state index in [1.54, 1.807) is 12.3 Å². The Bertz CT molecular complexity index is 685. The maximum atomic E-state index is 11.2. The van der Waals surface area contributed by atoms with E-state index < -0.39 is 5.91 Å². The van der Waals surface area contributed by atoms with Gasteiger partial charge in [-0.2, -0.15) is 0 Å². The third-order valence-corrected chi connectivity index (χ3v) is 3.71. The second-order valence-corrected chi connectivity index (χ2v) is 5.23. The average Bonchev–Trinajstić information content (AvgIpc) is 2.48. The fourth-order valence-corrected chi connectivity index (χ4v) is 2.68. The number of nitrogens with two attached hydrogens (primary N) is 2. The van der Waals surface area contributed by atoms with Gasteiger partial charge in [-0.25, -0.2) is 0 Å².